The molecule has 0 atom stereocenters. The second-order valence-corrected chi connectivity index (χ2v) is 5.48. The average Bonchev–Trinajstić information content (AvgIpc) is 2.83. The summed E-state index contributed by atoms with van der Waals surface area (Å²) in [5.41, 5.74) is 6.72. The highest BCUT2D eigenvalue weighted by Gasteiger charge is 2.07. The normalized spacial score (nSPS) is 10.5. The van der Waals surface area contributed by atoms with E-state index in [1.54, 1.807) is 18.4 Å². The molecule has 2 rings (SSSR count). The molecule has 0 aliphatic rings. The summed E-state index contributed by atoms with van der Waals surface area (Å²) in [4.78, 5) is 5.31. The van der Waals surface area contributed by atoms with Gasteiger partial charge in [-0.2, -0.15) is 0 Å². The van der Waals surface area contributed by atoms with E-state index in [0.717, 1.165) is 33.4 Å². The summed E-state index contributed by atoms with van der Waals surface area (Å²) in [6, 6.07) is 5.91. The fraction of sp³-hybridized carbons (Fsp3) is 0.357. The van der Waals surface area contributed by atoms with E-state index in [1.807, 2.05) is 31.3 Å². The van der Waals surface area contributed by atoms with Gasteiger partial charge >= 0.3 is 0 Å². The fourth-order valence-electron chi connectivity index (χ4n) is 1.78. The Kier molecular flexibility index (Phi) is 4.76. The lowest BCUT2D eigenvalue weighted by atomic mass is 10.1. The Morgan fingerprint density at radius 1 is 1.32 bits per heavy atom. The lowest BCUT2D eigenvalue weighted by molar-refractivity contribution is 0.287. The quantitative estimate of drug-likeness (QED) is 0.882. The van der Waals surface area contributed by atoms with E-state index in [9.17, 15) is 0 Å². The molecule has 1 aromatic carbocycles. The van der Waals surface area contributed by atoms with Crippen LogP contribution in [-0.2, 0) is 13.0 Å². The Balaban J connectivity index is 2.10. The van der Waals surface area contributed by atoms with Gasteiger partial charge in [-0.1, -0.05) is 6.07 Å². The van der Waals surface area contributed by atoms with E-state index in [1.165, 1.54) is 0 Å². The van der Waals surface area contributed by atoms with Crippen molar-refractivity contribution in [3.8, 4) is 11.5 Å². The van der Waals surface area contributed by atoms with Crippen LogP contribution in [0.25, 0.3) is 0 Å². The lowest BCUT2D eigenvalue weighted by Crippen LogP contribution is -2.03. The van der Waals surface area contributed by atoms with Crippen molar-refractivity contribution in [2.45, 2.75) is 20.0 Å². The van der Waals surface area contributed by atoms with E-state index in [-0.39, 0.29) is 0 Å². The Bertz CT molecular complexity index is 540. The summed E-state index contributed by atoms with van der Waals surface area (Å²) in [6.45, 7) is 3.12. The summed E-state index contributed by atoms with van der Waals surface area (Å²) < 4.78 is 11.1. The largest absolute Gasteiger partial charge is 0.493 e. The number of hydrogen-bond donors (Lipinski definition) is 1. The minimum absolute atomic E-state index is 0.508. The molecule has 0 aliphatic carbocycles. The molecule has 0 spiro atoms. The third-order valence-electron chi connectivity index (χ3n) is 2.70. The second-order valence-electron chi connectivity index (χ2n) is 4.16. The number of nitrogens with two attached hydrogens (primary N) is 1. The number of aryl methyl sites for hydroxylation is 1. The average molecular weight is 278 g/mol. The van der Waals surface area contributed by atoms with Crippen LogP contribution in [0.1, 0.15) is 15.4 Å². The van der Waals surface area contributed by atoms with Gasteiger partial charge in [0.1, 0.15) is 6.61 Å². The fourth-order valence-corrected chi connectivity index (χ4v) is 2.49. The van der Waals surface area contributed by atoms with Crippen LogP contribution in [0.5, 0.6) is 11.5 Å². The van der Waals surface area contributed by atoms with Crippen LogP contribution in [0.15, 0.2) is 24.4 Å². The first-order chi connectivity index (χ1) is 9.22. The minimum atomic E-state index is 0.508. The monoisotopic (exact) mass is 278 g/mol. The van der Waals surface area contributed by atoms with Crippen molar-refractivity contribution in [2.24, 2.45) is 5.73 Å². The molecule has 1 aromatic heterocycles. The van der Waals surface area contributed by atoms with Crippen molar-refractivity contribution in [1.29, 1.82) is 0 Å². The van der Waals surface area contributed by atoms with Crippen LogP contribution < -0.4 is 15.2 Å². The maximum Gasteiger partial charge on any atom is 0.161 e. The number of ether oxygens (including phenoxy) is 2. The molecular weight excluding hydrogens is 260 g/mol. The van der Waals surface area contributed by atoms with Crippen LogP contribution in [0, 0.1) is 6.92 Å². The molecule has 19 heavy (non-hydrogen) atoms. The Labute approximate surface area is 117 Å². The number of benzene rings is 1. The zero-order valence-corrected chi connectivity index (χ0v) is 12.0. The summed E-state index contributed by atoms with van der Waals surface area (Å²) >= 11 is 1.64. The van der Waals surface area contributed by atoms with Crippen molar-refractivity contribution in [3.05, 3.63) is 39.8 Å². The van der Waals surface area contributed by atoms with Crippen LogP contribution in [0.4, 0.5) is 0 Å². The van der Waals surface area contributed by atoms with Crippen LogP contribution in [0.2, 0.25) is 0 Å². The molecule has 0 amide bonds. The van der Waals surface area contributed by atoms with E-state index in [4.69, 9.17) is 15.2 Å². The number of rotatable bonds is 6. The molecule has 0 fully saturated rings. The first kappa shape index (κ1) is 13.8. The highest BCUT2D eigenvalue weighted by Crippen LogP contribution is 2.29. The van der Waals surface area contributed by atoms with Crippen LogP contribution >= 0.6 is 11.3 Å². The first-order valence-electron chi connectivity index (χ1n) is 6.14. The third kappa shape index (κ3) is 3.68. The molecule has 2 aromatic rings. The van der Waals surface area contributed by atoms with Gasteiger partial charge in [0.05, 0.1) is 17.0 Å². The van der Waals surface area contributed by atoms with E-state index in [0.29, 0.717) is 13.2 Å². The van der Waals surface area contributed by atoms with Crippen molar-refractivity contribution < 1.29 is 9.47 Å². The van der Waals surface area contributed by atoms with Gasteiger partial charge in [-0.05, 0) is 37.6 Å². The van der Waals surface area contributed by atoms with Gasteiger partial charge in [0.2, 0.25) is 0 Å². The molecule has 102 valence electrons. The van der Waals surface area contributed by atoms with E-state index >= 15 is 0 Å². The Hall–Kier alpha value is -1.59. The lowest BCUT2D eigenvalue weighted by Gasteiger charge is -2.11. The van der Waals surface area contributed by atoms with Gasteiger partial charge in [0.25, 0.3) is 0 Å². The molecule has 5 heteroatoms. The molecule has 0 radical (unpaired) electrons. The molecule has 0 saturated carbocycles. The third-order valence-corrected chi connectivity index (χ3v) is 3.59. The topological polar surface area (TPSA) is 57.4 Å². The molecule has 2 N–H and O–H groups in total. The van der Waals surface area contributed by atoms with Crippen molar-refractivity contribution >= 4 is 11.3 Å². The number of thiazole rings is 1. The summed E-state index contributed by atoms with van der Waals surface area (Å²) in [7, 11) is 1.64. The van der Waals surface area contributed by atoms with Crippen molar-refractivity contribution in [2.75, 3.05) is 13.7 Å². The maximum absolute atomic E-state index is 5.82. The minimum Gasteiger partial charge on any atom is -0.493 e. The smallest absolute Gasteiger partial charge is 0.161 e. The maximum atomic E-state index is 5.82. The van der Waals surface area contributed by atoms with Gasteiger partial charge in [0, 0.05) is 6.20 Å². The number of nitrogens with zero attached hydrogens (tertiary/aromatic N) is 1. The van der Waals surface area contributed by atoms with Gasteiger partial charge in [-0.25, -0.2) is 4.98 Å². The zero-order valence-electron chi connectivity index (χ0n) is 11.2. The standard InChI is InChI=1S/C14H18N2O2S/c1-10-16-8-12(19-10)9-18-14-7-11(5-6-15)3-4-13(14)17-2/h3-4,7-8H,5-6,9,15H2,1-2H3. The van der Waals surface area contributed by atoms with Gasteiger partial charge in [-0.3, -0.25) is 0 Å². The van der Waals surface area contributed by atoms with Crippen molar-refractivity contribution in [1.82, 2.24) is 4.98 Å². The van der Waals surface area contributed by atoms with E-state index in [2.05, 4.69) is 4.98 Å². The second kappa shape index (κ2) is 6.54. The Morgan fingerprint density at radius 3 is 2.79 bits per heavy atom. The molecule has 0 bridgehead atoms. The predicted octanol–water partition coefficient (Wildman–Crippen LogP) is 2.54. The number of aromatic nitrogens is 1. The van der Waals surface area contributed by atoms with Gasteiger partial charge in [-0.15, -0.1) is 11.3 Å². The SMILES string of the molecule is COc1ccc(CCN)cc1OCc1cnc(C)s1. The Morgan fingerprint density at radius 2 is 2.16 bits per heavy atom. The zero-order chi connectivity index (χ0) is 13.7. The molecular formula is C14H18N2O2S. The molecule has 1 heterocycles. The summed E-state index contributed by atoms with van der Waals surface area (Å²) in [6.07, 6.45) is 2.68. The van der Waals surface area contributed by atoms with E-state index < -0.39 is 0 Å². The molecule has 0 aliphatic heterocycles. The number of methoxy groups -OCH3 is 1. The highest BCUT2D eigenvalue weighted by atomic mass is 32.1. The highest BCUT2D eigenvalue weighted by molar-refractivity contribution is 7.11. The summed E-state index contributed by atoms with van der Waals surface area (Å²) in [5.74, 6) is 1.49. The van der Waals surface area contributed by atoms with Crippen LogP contribution in [-0.4, -0.2) is 18.6 Å². The van der Waals surface area contributed by atoms with Crippen LogP contribution in [0.3, 0.4) is 0 Å². The number of hydrogen-bond acceptors (Lipinski definition) is 5. The molecule has 0 unspecified atom stereocenters. The van der Waals surface area contributed by atoms with Crippen molar-refractivity contribution in [3.63, 3.8) is 0 Å². The predicted molar refractivity (Wildman–Crippen MR) is 76.9 cm³/mol. The first-order valence-corrected chi connectivity index (χ1v) is 6.95. The summed E-state index contributed by atoms with van der Waals surface area (Å²) in [5, 5.41) is 1.04. The molecule has 4 nitrogen and oxygen atoms in total. The van der Waals surface area contributed by atoms with Gasteiger partial charge < -0.3 is 15.2 Å². The van der Waals surface area contributed by atoms with Gasteiger partial charge in [0.15, 0.2) is 11.5 Å². The molecule has 0 saturated heterocycles.